The third kappa shape index (κ3) is 3.38. The molecule has 1 aromatic rings. The molecule has 3 rings (SSSR count). The Bertz CT molecular complexity index is 596. The largest absolute Gasteiger partial charge is 0.378 e. The summed E-state index contributed by atoms with van der Waals surface area (Å²) in [5, 5.41) is 14.6. The van der Waals surface area contributed by atoms with E-state index in [1.54, 1.807) is 0 Å². The van der Waals surface area contributed by atoms with E-state index in [1.807, 2.05) is 6.92 Å². The smallest absolute Gasteiger partial charge is 0.315 e. The number of fused-ring (bicyclic) bond motifs is 1. The van der Waals surface area contributed by atoms with Crippen LogP contribution in [0.3, 0.4) is 0 Å². The Balaban J connectivity index is 1.46. The highest BCUT2D eigenvalue weighted by atomic mass is 16.5. The first-order chi connectivity index (χ1) is 12.1. The predicted molar refractivity (Wildman–Crippen MR) is 95.4 cm³/mol. The summed E-state index contributed by atoms with van der Waals surface area (Å²) in [7, 11) is 0. The number of nitrogens with one attached hydrogen (secondary N) is 2. The number of rotatable bonds is 8. The lowest BCUT2D eigenvalue weighted by atomic mass is 9.58. The Hall–Kier alpha value is -1.63. The molecule has 1 aromatic heterocycles. The maximum atomic E-state index is 12.3. The maximum absolute atomic E-state index is 12.3. The van der Waals surface area contributed by atoms with E-state index in [0.29, 0.717) is 6.54 Å². The van der Waals surface area contributed by atoms with Crippen LogP contribution in [0.25, 0.3) is 0 Å². The number of hydrogen-bond acceptors (Lipinski definition) is 4. The van der Waals surface area contributed by atoms with Gasteiger partial charge in [-0.15, -0.1) is 10.2 Å². The van der Waals surface area contributed by atoms with E-state index in [-0.39, 0.29) is 23.6 Å². The molecule has 7 nitrogen and oxygen atoms in total. The summed E-state index contributed by atoms with van der Waals surface area (Å²) < 4.78 is 8.05. The first-order valence-corrected chi connectivity index (χ1v) is 9.71. The second kappa shape index (κ2) is 7.72. The van der Waals surface area contributed by atoms with Gasteiger partial charge in [0, 0.05) is 44.0 Å². The van der Waals surface area contributed by atoms with Crippen molar-refractivity contribution < 1.29 is 9.53 Å². The van der Waals surface area contributed by atoms with Crippen molar-refractivity contribution in [1.82, 2.24) is 25.4 Å². The fourth-order valence-corrected chi connectivity index (χ4v) is 4.48. The van der Waals surface area contributed by atoms with E-state index in [2.05, 4.69) is 39.2 Å². The fourth-order valence-electron chi connectivity index (χ4n) is 4.48. The molecule has 0 radical (unpaired) electrons. The van der Waals surface area contributed by atoms with Gasteiger partial charge in [-0.2, -0.15) is 0 Å². The molecule has 2 atom stereocenters. The molecule has 25 heavy (non-hydrogen) atoms. The van der Waals surface area contributed by atoms with Gasteiger partial charge in [0.1, 0.15) is 11.6 Å². The number of hydrogen-bond donors (Lipinski definition) is 2. The fraction of sp³-hybridized carbons (Fsp3) is 0.833. The van der Waals surface area contributed by atoms with Gasteiger partial charge in [0.25, 0.3) is 0 Å². The summed E-state index contributed by atoms with van der Waals surface area (Å²) in [6.07, 6.45) is 6.08. The minimum Gasteiger partial charge on any atom is -0.378 e. The van der Waals surface area contributed by atoms with Gasteiger partial charge < -0.3 is 19.9 Å². The van der Waals surface area contributed by atoms with Crippen molar-refractivity contribution in [3.05, 3.63) is 11.6 Å². The number of ether oxygens (including phenoxy) is 1. The molecule has 0 saturated heterocycles. The van der Waals surface area contributed by atoms with Gasteiger partial charge >= 0.3 is 6.03 Å². The second-order valence-corrected chi connectivity index (χ2v) is 7.11. The first kappa shape index (κ1) is 18.2. The van der Waals surface area contributed by atoms with E-state index < -0.39 is 0 Å². The van der Waals surface area contributed by atoms with Crippen molar-refractivity contribution in [1.29, 1.82) is 0 Å². The highest BCUT2D eigenvalue weighted by Gasteiger charge is 2.53. The van der Waals surface area contributed by atoms with Gasteiger partial charge in [-0.25, -0.2) is 4.79 Å². The lowest BCUT2D eigenvalue weighted by Gasteiger charge is -2.55. The summed E-state index contributed by atoms with van der Waals surface area (Å²) in [6, 6.07) is 0.101. The van der Waals surface area contributed by atoms with Crippen LogP contribution in [0.2, 0.25) is 0 Å². The molecule has 0 bridgehead atoms. The molecule has 1 fully saturated rings. The molecule has 1 aliphatic heterocycles. The Kier molecular flexibility index (Phi) is 5.61. The van der Waals surface area contributed by atoms with Crippen molar-refractivity contribution >= 4 is 6.03 Å². The average Bonchev–Trinajstić information content (AvgIpc) is 3.20. The standard InChI is InChI=1S/C18H31N5O2/c1-4-18(5-2)13(12-14(18)25-6-3)20-17(24)19-10-9-16-22-21-15-8-7-11-23(15)16/h13-14H,4-12H2,1-3H3,(H2,19,20,24)/t13-,14-/m0/s1. The highest BCUT2D eigenvalue weighted by Crippen LogP contribution is 2.48. The number of amides is 2. The third-order valence-electron chi connectivity index (χ3n) is 6.09. The van der Waals surface area contributed by atoms with Gasteiger partial charge in [-0.3, -0.25) is 0 Å². The van der Waals surface area contributed by atoms with Crippen LogP contribution in [0.1, 0.15) is 58.1 Å². The Morgan fingerprint density at radius 3 is 2.84 bits per heavy atom. The molecule has 2 aliphatic rings. The van der Waals surface area contributed by atoms with Crippen molar-refractivity contribution in [2.75, 3.05) is 13.2 Å². The van der Waals surface area contributed by atoms with Crippen LogP contribution in [0.4, 0.5) is 4.79 Å². The van der Waals surface area contributed by atoms with E-state index in [0.717, 1.165) is 63.3 Å². The zero-order valence-corrected chi connectivity index (χ0v) is 15.7. The van der Waals surface area contributed by atoms with Crippen molar-refractivity contribution in [3.8, 4) is 0 Å². The zero-order valence-electron chi connectivity index (χ0n) is 15.7. The molecule has 0 aromatic carbocycles. The Morgan fingerprint density at radius 1 is 1.32 bits per heavy atom. The quantitative estimate of drug-likeness (QED) is 0.753. The number of urea groups is 1. The van der Waals surface area contributed by atoms with Crippen LogP contribution >= 0.6 is 0 Å². The summed E-state index contributed by atoms with van der Waals surface area (Å²) in [5.41, 5.74) is 0.0706. The van der Waals surface area contributed by atoms with E-state index in [4.69, 9.17) is 4.74 Å². The van der Waals surface area contributed by atoms with Crippen LogP contribution in [-0.4, -0.2) is 46.1 Å². The first-order valence-electron chi connectivity index (χ1n) is 9.71. The van der Waals surface area contributed by atoms with Crippen molar-refractivity contribution in [3.63, 3.8) is 0 Å². The number of nitrogens with zero attached hydrogens (tertiary/aromatic N) is 3. The molecule has 140 valence electrons. The molecular formula is C18H31N5O2. The molecule has 2 amide bonds. The number of aryl methyl sites for hydroxylation is 1. The maximum Gasteiger partial charge on any atom is 0.315 e. The normalized spacial score (nSPS) is 23.8. The molecule has 2 heterocycles. The summed E-state index contributed by atoms with van der Waals surface area (Å²) in [5.74, 6) is 2.05. The number of carbonyl (C=O) groups is 1. The number of aromatic nitrogens is 3. The van der Waals surface area contributed by atoms with Gasteiger partial charge in [0.15, 0.2) is 0 Å². The number of carbonyl (C=O) groups excluding carboxylic acids is 1. The SMILES string of the molecule is CCO[C@H]1C[C@H](NC(=O)NCCc2nnc3n2CCC3)C1(CC)CC. The van der Waals surface area contributed by atoms with Gasteiger partial charge in [-0.1, -0.05) is 13.8 Å². The van der Waals surface area contributed by atoms with Crippen molar-refractivity contribution in [2.45, 2.75) is 78.0 Å². The van der Waals surface area contributed by atoms with Crippen LogP contribution in [0.5, 0.6) is 0 Å². The Morgan fingerprint density at radius 2 is 2.12 bits per heavy atom. The van der Waals surface area contributed by atoms with Gasteiger partial charge in [0.2, 0.25) is 0 Å². The van der Waals surface area contributed by atoms with Crippen molar-refractivity contribution in [2.24, 2.45) is 5.41 Å². The lowest BCUT2D eigenvalue weighted by molar-refractivity contribution is -0.134. The minimum absolute atomic E-state index is 0.0706. The average molecular weight is 349 g/mol. The topological polar surface area (TPSA) is 81.1 Å². The monoisotopic (exact) mass is 349 g/mol. The van der Waals surface area contributed by atoms with Gasteiger partial charge in [-0.05, 0) is 32.6 Å². The Labute approximate surface area is 149 Å². The highest BCUT2D eigenvalue weighted by molar-refractivity contribution is 5.74. The molecule has 0 spiro atoms. The van der Waals surface area contributed by atoms with Crippen LogP contribution in [0.15, 0.2) is 0 Å². The molecule has 0 unspecified atom stereocenters. The second-order valence-electron chi connectivity index (χ2n) is 7.11. The lowest BCUT2D eigenvalue weighted by Crippen LogP contribution is -2.65. The molecule has 1 saturated carbocycles. The van der Waals surface area contributed by atoms with Crippen LogP contribution < -0.4 is 10.6 Å². The minimum atomic E-state index is -0.0904. The molecule has 1 aliphatic carbocycles. The van der Waals surface area contributed by atoms with E-state index in [9.17, 15) is 4.79 Å². The van der Waals surface area contributed by atoms with E-state index >= 15 is 0 Å². The summed E-state index contributed by atoms with van der Waals surface area (Å²) in [4.78, 5) is 12.3. The molecular weight excluding hydrogens is 318 g/mol. The predicted octanol–water partition coefficient (Wildman–Crippen LogP) is 2.05. The van der Waals surface area contributed by atoms with Crippen LogP contribution in [-0.2, 0) is 24.1 Å². The molecule has 2 N–H and O–H groups in total. The molecule has 7 heteroatoms. The van der Waals surface area contributed by atoms with Gasteiger partial charge in [0.05, 0.1) is 6.10 Å². The summed E-state index contributed by atoms with van der Waals surface area (Å²) >= 11 is 0. The summed E-state index contributed by atoms with van der Waals surface area (Å²) in [6.45, 7) is 8.72. The zero-order chi connectivity index (χ0) is 17.9. The third-order valence-corrected chi connectivity index (χ3v) is 6.09. The van der Waals surface area contributed by atoms with E-state index in [1.165, 1.54) is 0 Å². The van der Waals surface area contributed by atoms with Crippen LogP contribution in [0, 0.1) is 5.41 Å².